The lowest BCUT2D eigenvalue weighted by Crippen LogP contribution is -2.37. The molecule has 0 spiro atoms. The van der Waals surface area contributed by atoms with Gasteiger partial charge in [0.1, 0.15) is 47.1 Å². The molecule has 2 atom stereocenters. The van der Waals surface area contributed by atoms with Crippen LogP contribution in [0.3, 0.4) is 0 Å². The minimum absolute atomic E-state index is 0.0795. The van der Waals surface area contributed by atoms with E-state index in [4.69, 9.17) is 20.9 Å². The highest BCUT2D eigenvalue weighted by Gasteiger charge is 2.31. The molecule has 2 amide bonds. The summed E-state index contributed by atoms with van der Waals surface area (Å²) >= 11 is 3.36. The summed E-state index contributed by atoms with van der Waals surface area (Å²) in [4.78, 5) is 51.0. The summed E-state index contributed by atoms with van der Waals surface area (Å²) in [6.07, 6.45) is 13.9. The number of nitrogen functional groups attached to an aromatic ring is 2. The summed E-state index contributed by atoms with van der Waals surface area (Å²) in [6, 6.07) is 13.0. The fourth-order valence-electron chi connectivity index (χ4n) is 9.72. The Kier molecular flexibility index (Phi) is 12.3. The molecule has 68 heavy (non-hydrogen) atoms. The summed E-state index contributed by atoms with van der Waals surface area (Å²) in [6.45, 7) is 11.6. The molecule has 2 unspecified atom stereocenters. The number of benzene rings is 2. The van der Waals surface area contributed by atoms with Gasteiger partial charge in [-0.25, -0.2) is 19.9 Å². The van der Waals surface area contributed by atoms with E-state index in [0.717, 1.165) is 125 Å². The highest BCUT2D eigenvalue weighted by molar-refractivity contribution is 7.23. The van der Waals surface area contributed by atoms with Gasteiger partial charge in [-0.05, 0) is 105 Å². The van der Waals surface area contributed by atoms with Gasteiger partial charge in [0.2, 0.25) is 5.91 Å². The number of likely N-dealkylation sites (tertiary alicyclic amines) is 3. The van der Waals surface area contributed by atoms with Gasteiger partial charge in [-0.1, -0.05) is 24.1 Å². The summed E-state index contributed by atoms with van der Waals surface area (Å²) in [5.74, 6) is 7.94. The van der Waals surface area contributed by atoms with Crippen LogP contribution in [0.25, 0.3) is 63.1 Å². The molecule has 3 aliphatic rings. The van der Waals surface area contributed by atoms with Gasteiger partial charge in [0, 0.05) is 72.1 Å². The number of aromatic nitrogens is 6. The van der Waals surface area contributed by atoms with E-state index in [0.29, 0.717) is 31.3 Å². The van der Waals surface area contributed by atoms with Crippen LogP contribution in [0.2, 0.25) is 0 Å². The Labute approximate surface area is 402 Å². The predicted molar refractivity (Wildman–Crippen MR) is 272 cm³/mol. The van der Waals surface area contributed by atoms with Crippen LogP contribution in [0.5, 0.6) is 11.5 Å². The number of rotatable bonds is 9. The zero-order valence-electron chi connectivity index (χ0n) is 38.8. The van der Waals surface area contributed by atoms with Gasteiger partial charge in [0.15, 0.2) is 0 Å². The number of hydrogen-bond donors (Lipinski definition) is 2. The zero-order valence-corrected chi connectivity index (χ0v) is 40.4. The highest BCUT2D eigenvalue weighted by atomic mass is 32.1. The van der Waals surface area contributed by atoms with Gasteiger partial charge in [0.05, 0.1) is 46.5 Å². The Morgan fingerprint density at radius 1 is 0.735 bits per heavy atom. The molecule has 15 nitrogen and oxygen atoms in total. The molecule has 3 saturated heterocycles. The molecule has 348 valence electrons. The third-order valence-corrected chi connectivity index (χ3v) is 15.6. The van der Waals surface area contributed by atoms with Crippen molar-refractivity contribution in [2.24, 2.45) is 0 Å². The van der Waals surface area contributed by atoms with Gasteiger partial charge in [-0.3, -0.25) is 14.5 Å². The van der Waals surface area contributed by atoms with Crippen LogP contribution in [0.1, 0.15) is 49.4 Å². The largest absolute Gasteiger partial charge is 0.495 e. The van der Waals surface area contributed by atoms with E-state index in [1.165, 1.54) is 19.1 Å². The molecular weight excluding hydrogens is 895 g/mol. The number of amides is 2. The van der Waals surface area contributed by atoms with E-state index < -0.39 is 0 Å². The molecule has 11 rings (SSSR count). The number of hydrogen-bond acceptors (Lipinski definition) is 13. The Morgan fingerprint density at radius 3 is 1.74 bits per heavy atom. The topological polar surface area (TPSA) is 176 Å². The number of carbonyl (C=O) groups excluding carboxylic acids is 2. The molecule has 3 aliphatic heterocycles. The molecule has 8 aromatic rings. The minimum atomic E-state index is -0.132. The Bertz CT molecular complexity index is 3350. The van der Waals surface area contributed by atoms with Crippen LogP contribution in [0.15, 0.2) is 73.6 Å². The Hall–Kier alpha value is -7.00. The van der Waals surface area contributed by atoms with Crippen molar-refractivity contribution in [3.63, 3.8) is 0 Å². The first-order valence-electron chi connectivity index (χ1n) is 22.8. The van der Waals surface area contributed by atoms with E-state index >= 15 is 0 Å². The lowest BCUT2D eigenvalue weighted by molar-refractivity contribution is -0.125. The maximum Gasteiger partial charge on any atom is 0.298 e. The van der Waals surface area contributed by atoms with Crippen molar-refractivity contribution in [2.45, 2.75) is 52.1 Å². The van der Waals surface area contributed by atoms with Crippen molar-refractivity contribution in [1.82, 2.24) is 43.8 Å². The van der Waals surface area contributed by atoms with Gasteiger partial charge in [0.25, 0.3) is 5.91 Å². The summed E-state index contributed by atoms with van der Waals surface area (Å²) in [7, 11) is 3.40. The molecule has 17 heteroatoms. The van der Waals surface area contributed by atoms with Crippen LogP contribution in [-0.4, -0.2) is 116 Å². The molecule has 9 heterocycles. The van der Waals surface area contributed by atoms with Crippen molar-refractivity contribution in [3.05, 3.63) is 84.7 Å². The molecule has 2 aromatic carbocycles. The van der Waals surface area contributed by atoms with Crippen LogP contribution in [0, 0.1) is 25.7 Å². The smallest absolute Gasteiger partial charge is 0.298 e. The maximum atomic E-state index is 12.8. The van der Waals surface area contributed by atoms with Gasteiger partial charge in [-0.2, -0.15) is 0 Å². The van der Waals surface area contributed by atoms with Gasteiger partial charge in [-0.15, -0.1) is 22.7 Å². The molecule has 6 aromatic heterocycles. The normalized spacial score (nSPS) is 17.2. The molecule has 4 N–H and O–H groups in total. The molecular formula is C51H53N11O4S2. The standard InChI is InChI=1S/C27H30N6O2S.C24H23N5O2S/c1-17-11-18-13-22(36-25(18)21(12-17)35-2)20-15-33(27-24(20)26(28)29-16-30-27)19-6-10-32(14-19)23(34)5-3-7-31-8-4-9-31;1-4-5-20(30)28-7-6-16(11-28)29-12-17(21-23(25)26-13-27-24(21)29)19-10-15-8-14(2)9-18(31-3)22(15)32-19/h3,5,11-13,15-16,19H,4,6-10,14H2,1-2H3,(H2,28,29,30);8-10,12-13,16H,6-7,11H2,1-3H3,(H2,25,26,27)/b5-3+;. The third kappa shape index (κ3) is 8.37. The van der Waals surface area contributed by atoms with Crippen LogP contribution >= 0.6 is 22.7 Å². The molecule has 3 fully saturated rings. The van der Waals surface area contributed by atoms with Gasteiger partial charge < -0.3 is 39.9 Å². The van der Waals surface area contributed by atoms with Crippen molar-refractivity contribution in [3.8, 4) is 44.2 Å². The average molecular weight is 948 g/mol. The molecule has 0 bridgehead atoms. The molecule has 0 radical (unpaired) electrons. The number of nitrogens with zero attached hydrogens (tertiary/aromatic N) is 9. The molecule has 0 aliphatic carbocycles. The van der Waals surface area contributed by atoms with Crippen LogP contribution in [0.4, 0.5) is 11.6 Å². The number of nitrogens with two attached hydrogens (primary N) is 2. The number of anilines is 2. The van der Waals surface area contributed by atoms with Crippen molar-refractivity contribution in [1.29, 1.82) is 0 Å². The Balaban J connectivity index is 0.000000160. The van der Waals surface area contributed by atoms with E-state index in [1.807, 2.05) is 17.0 Å². The summed E-state index contributed by atoms with van der Waals surface area (Å²) < 4.78 is 17.8. The second-order valence-electron chi connectivity index (χ2n) is 17.7. The Morgan fingerprint density at radius 2 is 1.25 bits per heavy atom. The first-order valence-corrected chi connectivity index (χ1v) is 24.4. The summed E-state index contributed by atoms with van der Waals surface area (Å²) in [5, 5.41) is 3.98. The van der Waals surface area contributed by atoms with E-state index in [9.17, 15) is 9.59 Å². The van der Waals surface area contributed by atoms with E-state index in [-0.39, 0.29) is 23.9 Å². The van der Waals surface area contributed by atoms with Gasteiger partial charge >= 0.3 is 0 Å². The number of carbonyl (C=O) groups is 2. The highest BCUT2D eigenvalue weighted by Crippen LogP contribution is 2.46. The monoisotopic (exact) mass is 947 g/mol. The summed E-state index contributed by atoms with van der Waals surface area (Å²) in [5.41, 5.74) is 18.6. The van der Waals surface area contributed by atoms with E-state index in [1.54, 1.807) is 54.8 Å². The molecule has 0 saturated carbocycles. The fourth-order valence-corrected chi connectivity index (χ4v) is 12.0. The van der Waals surface area contributed by atoms with Crippen LogP contribution in [-0.2, 0) is 9.59 Å². The average Bonchev–Trinajstić information content (AvgIpc) is 4.17. The van der Waals surface area contributed by atoms with Crippen LogP contribution < -0.4 is 20.9 Å². The predicted octanol–water partition coefficient (Wildman–Crippen LogP) is 8.26. The quantitative estimate of drug-likeness (QED) is 0.105. The van der Waals surface area contributed by atoms with E-state index in [2.05, 4.69) is 102 Å². The van der Waals surface area contributed by atoms with Crippen molar-refractivity contribution < 1.29 is 19.1 Å². The SMILES string of the molecule is CC#CC(=O)N1CCC(n2cc(-c3cc4cc(C)cc(OC)c4s3)c3c(N)ncnc32)C1.COc1cc(C)cc2cc(-c3cn(C4CCN(C(=O)/C=C/CN5CCC5)C4)c4ncnc(N)c34)sc12. The first kappa shape index (κ1) is 44.8. The minimum Gasteiger partial charge on any atom is -0.495 e. The second-order valence-corrected chi connectivity index (χ2v) is 19.8. The second kappa shape index (κ2) is 18.6. The lowest BCUT2D eigenvalue weighted by Gasteiger charge is -2.29. The zero-order chi connectivity index (χ0) is 47.2. The maximum absolute atomic E-state index is 12.8. The number of methoxy groups -OCH3 is 2. The fraction of sp³-hybridized carbons (Fsp3) is 0.333. The lowest BCUT2D eigenvalue weighted by atomic mass is 10.1. The first-order chi connectivity index (χ1) is 33.0. The number of fused-ring (bicyclic) bond motifs is 4. The number of ether oxygens (including phenoxy) is 2. The number of thiophene rings is 2. The van der Waals surface area contributed by atoms with Crippen molar-refractivity contribution in [2.75, 3.05) is 71.5 Å². The van der Waals surface area contributed by atoms with Crippen molar-refractivity contribution >= 4 is 88.4 Å². The number of aryl methyl sites for hydroxylation is 2. The third-order valence-electron chi connectivity index (χ3n) is 13.2.